The zero-order chi connectivity index (χ0) is 13.4. The number of carbonyl (C=O) groups is 2. The largest absolute Gasteiger partial charge is 0.380 e. The Labute approximate surface area is 122 Å². The molecule has 0 unspecified atom stereocenters. The van der Waals surface area contributed by atoms with Crippen molar-refractivity contribution < 1.29 is 9.59 Å². The van der Waals surface area contributed by atoms with Crippen molar-refractivity contribution in [2.45, 2.75) is 6.54 Å². The summed E-state index contributed by atoms with van der Waals surface area (Å²) >= 11 is 5.06. The lowest BCUT2D eigenvalue weighted by molar-refractivity contribution is 0.0879. The van der Waals surface area contributed by atoms with E-state index in [-0.39, 0.29) is 11.8 Å². The van der Waals surface area contributed by atoms with Gasteiger partial charge in [-0.05, 0) is 40.2 Å². The smallest absolute Gasteiger partial charge is 0.259 e. The van der Waals surface area contributed by atoms with Gasteiger partial charge < -0.3 is 5.32 Å². The Hall–Kier alpha value is -1.66. The van der Waals surface area contributed by atoms with Gasteiger partial charge >= 0.3 is 0 Å². The minimum absolute atomic E-state index is 0.325. The fourth-order valence-corrected chi connectivity index (χ4v) is 3.30. The molecule has 0 saturated heterocycles. The highest BCUT2D eigenvalue weighted by atomic mass is 79.9. The van der Waals surface area contributed by atoms with Crippen LogP contribution in [0.5, 0.6) is 0 Å². The second kappa shape index (κ2) is 4.79. The van der Waals surface area contributed by atoms with E-state index in [0.29, 0.717) is 17.7 Å². The molecule has 3 rings (SSSR count). The van der Waals surface area contributed by atoms with Gasteiger partial charge in [-0.3, -0.25) is 14.9 Å². The number of halogens is 1. The van der Waals surface area contributed by atoms with Crippen LogP contribution in [0.2, 0.25) is 0 Å². The van der Waals surface area contributed by atoms with Gasteiger partial charge in [0, 0.05) is 27.0 Å². The maximum absolute atomic E-state index is 11.5. The second-order valence-corrected chi connectivity index (χ2v) is 6.04. The summed E-state index contributed by atoms with van der Waals surface area (Å²) in [5.74, 6) is -0.656. The van der Waals surface area contributed by atoms with Crippen LogP contribution in [0.25, 0.3) is 0 Å². The maximum atomic E-state index is 11.5. The molecule has 0 radical (unpaired) electrons. The maximum Gasteiger partial charge on any atom is 0.259 e. The average molecular weight is 337 g/mol. The first-order chi connectivity index (χ1) is 9.13. The van der Waals surface area contributed by atoms with E-state index in [1.54, 1.807) is 29.5 Å². The lowest BCUT2D eigenvalue weighted by Crippen LogP contribution is -2.19. The minimum Gasteiger partial charge on any atom is -0.380 e. The van der Waals surface area contributed by atoms with Crippen molar-refractivity contribution in [1.82, 2.24) is 5.32 Å². The summed E-state index contributed by atoms with van der Waals surface area (Å²) in [6, 6.07) is 7.22. The number of hydrogen-bond donors (Lipinski definition) is 2. The Kier molecular flexibility index (Phi) is 3.12. The number of anilines is 1. The van der Waals surface area contributed by atoms with E-state index in [2.05, 4.69) is 26.6 Å². The van der Waals surface area contributed by atoms with Gasteiger partial charge in [0.25, 0.3) is 11.8 Å². The quantitative estimate of drug-likeness (QED) is 0.847. The number of imide groups is 1. The van der Waals surface area contributed by atoms with Crippen LogP contribution in [-0.2, 0) is 6.54 Å². The van der Waals surface area contributed by atoms with Gasteiger partial charge in [-0.15, -0.1) is 11.3 Å². The third kappa shape index (κ3) is 2.41. The fraction of sp³-hybridized carbons (Fsp3) is 0.0769. The molecular weight excluding hydrogens is 328 g/mol. The van der Waals surface area contributed by atoms with Crippen LogP contribution < -0.4 is 10.6 Å². The molecule has 4 nitrogen and oxygen atoms in total. The molecular formula is C13H9BrN2O2S. The topological polar surface area (TPSA) is 58.2 Å². The van der Waals surface area contributed by atoms with Crippen molar-refractivity contribution in [3.05, 3.63) is 50.1 Å². The molecule has 1 aliphatic heterocycles. The zero-order valence-electron chi connectivity index (χ0n) is 9.70. The van der Waals surface area contributed by atoms with E-state index in [4.69, 9.17) is 0 Å². The van der Waals surface area contributed by atoms with E-state index in [9.17, 15) is 9.59 Å². The third-order valence-electron chi connectivity index (χ3n) is 2.82. The van der Waals surface area contributed by atoms with Crippen molar-refractivity contribution in [2.75, 3.05) is 5.32 Å². The molecule has 2 heterocycles. The molecule has 1 aliphatic rings. The van der Waals surface area contributed by atoms with Crippen LogP contribution >= 0.6 is 27.3 Å². The predicted octanol–water partition coefficient (Wildman–Crippen LogP) is 3.01. The summed E-state index contributed by atoms with van der Waals surface area (Å²) in [6.45, 7) is 0.685. The zero-order valence-corrected chi connectivity index (χ0v) is 12.1. The number of amides is 2. The standard InChI is InChI=1S/C13H9BrN2O2S/c14-7-3-9(19-6-7)5-15-8-1-2-10-11(4-8)13(18)16-12(10)17/h1-4,6,15H,5H2,(H,16,17,18). The van der Waals surface area contributed by atoms with Crippen molar-refractivity contribution >= 4 is 44.8 Å². The molecule has 1 aromatic heterocycles. The summed E-state index contributed by atoms with van der Waals surface area (Å²) in [5, 5.41) is 7.53. The van der Waals surface area contributed by atoms with Crippen LogP contribution in [0.1, 0.15) is 25.6 Å². The number of hydrogen-bond acceptors (Lipinski definition) is 4. The summed E-state index contributed by atoms with van der Waals surface area (Å²) in [5.41, 5.74) is 1.70. The number of rotatable bonds is 3. The molecule has 2 aromatic rings. The molecule has 19 heavy (non-hydrogen) atoms. The Morgan fingerprint density at radius 2 is 1.95 bits per heavy atom. The van der Waals surface area contributed by atoms with E-state index in [0.717, 1.165) is 10.2 Å². The number of benzene rings is 1. The van der Waals surface area contributed by atoms with E-state index < -0.39 is 0 Å². The Morgan fingerprint density at radius 3 is 2.68 bits per heavy atom. The monoisotopic (exact) mass is 336 g/mol. The first-order valence-electron chi connectivity index (χ1n) is 5.60. The molecule has 0 saturated carbocycles. The minimum atomic E-state index is -0.331. The highest BCUT2D eigenvalue weighted by molar-refractivity contribution is 9.10. The van der Waals surface area contributed by atoms with Gasteiger partial charge in [-0.25, -0.2) is 0 Å². The van der Waals surface area contributed by atoms with Gasteiger partial charge in [0.2, 0.25) is 0 Å². The molecule has 0 atom stereocenters. The van der Waals surface area contributed by atoms with Gasteiger partial charge in [0.05, 0.1) is 11.1 Å². The fourth-order valence-electron chi connectivity index (χ4n) is 1.91. The molecule has 0 bridgehead atoms. The molecule has 0 fully saturated rings. The van der Waals surface area contributed by atoms with E-state index >= 15 is 0 Å². The molecule has 6 heteroatoms. The summed E-state index contributed by atoms with van der Waals surface area (Å²) in [7, 11) is 0. The summed E-state index contributed by atoms with van der Waals surface area (Å²) in [4.78, 5) is 24.1. The highest BCUT2D eigenvalue weighted by Gasteiger charge is 2.26. The first-order valence-corrected chi connectivity index (χ1v) is 7.27. The number of fused-ring (bicyclic) bond motifs is 1. The van der Waals surface area contributed by atoms with Crippen molar-refractivity contribution in [3.63, 3.8) is 0 Å². The first kappa shape index (κ1) is 12.4. The molecule has 0 spiro atoms. The van der Waals surface area contributed by atoms with Crippen molar-refractivity contribution in [1.29, 1.82) is 0 Å². The van der Waals surface area contributed by atoms with Gasteiger partial charge in [-0.1, -0.05) is 0 Å². The van der Waals surface area contributed by atoms with Crippen LogP contribution in [0.3, 0.4) is 0 Å². The molecule has 2 amide bonds. The van der Waals surface area contributed by atoms with Crippen molar-refractivity contribution in [3.8, 4) is 0 Å². The van der Waals surface area contributed by atoms with Crippen LogP contribution in [-0.4, -0.2) is 11.8 Å². The van der Waals surface area contributed by atoms with Gasteiger partial charge in [0.15, 0.2) is 0 Å². The summed E-state index contributed by atoms with van der Waals surface area (Å²) < 4.78 is 1.06. The number of nitrogens with one attached hydrogen (secondary N) is 2. The highest BCUT2D eigenvalue weighted by Crippen LogP contribution is 2.23. The van der Waals surface area contributed by atoms with Gasteiger partial charge in [-0.2, -0.15) is 0 Å². The molecule has 1 aromatic carbocycles. The Morgan fingerprint density at radius 1 is 1.16 bits per heavy atom. The third-order valence-corrected chi connectivity index (χ3v) is 4.52. The predicted molar refractivity (Wildman–Crippen MR) is 77.6 cm³/mol. The van der Waals surface area contributed by atoms with Crippen LogP contribution in [0, 0.1) is 0 Å². The molecule has 96 valence electrons. The lowest BCUT2D eigenvalue weighted by atomic mass is 10.1. The van der Waals surface area contributed by atoms with E-state index in [1.807, 2.05) is 11.4 Å². The normalized spacial score (nSPS) is 13.3. The summed E-state index contributed by atoms with van der Waals surface area (Å²) in [6.07, 6.45) is 0. The van der Waals surface area contributed by atoms with Crippen molar-refractivity contribution in [2.24, 2.45) is 0 Å². The Balaban J connectivity index is 1.78. The molecule has 2 N–H and O–H groups in total. The van der Waals surface area contributed by atoms with Crippen LogP contribution in [0.4, 0.5) is 5.69 Å². The molecule has 0 aliphatic carbocycles. The second-order valence-electron chi connectivity index (χ2n) is 4.13. The number of thiophene rings is 1. The van der Waals surface area contributed by atoms with Crippen LogP contribution in [0.15, 0.2) is 34.1 Å². The SMILES string of the molecule is O=C1NC(=O)c2cc(NCc3cc(Br)cs3)ccc21. The lowest BCUT2D eigenvalue weighted by Gasteiger charge is -2.05. The van der Waals surface area contributed by atoms with Gasteiger partial charge in [0.1, 0.15) is 0 Å². The Bertz CT molecular complexity index is 681. The average Bonchev–Trinajstić information content (AvgIpc) is 2.92. The van der Waals surface area contributed by atoms with E-state index in [1.165, 1.54) is 4.88 Å². The number of carbonyl (C=O) groups excluding carboxylic acids is 2.